The zero-order valence-corrected chi connectivity index (χ0v) is 8.45. The quantitative estimate of drug-likeness (QED) is 0.824. The van der Waals surface area contributed by atoms with Gasteiger partial charge in [-0.2, -0.15) is 0 Å². The van der Waals surface area contributed by atoms with Crippen LogP contribution in [0.3, 0.4) is 0 Å². The average Bonchev–Trinajstić information content (AvgIpc) is 2.29. The summed E-state index contributed by atoms with van der Waals surface area (Å²) < 4.78 is 26.6. The fourth-order valence-electron chi connectivity index (χ4n) is 1.62. The first-order chi connectivity index (χ1) is 7.72. The van der Waals surface area contributed by atoms with E-state index in [-0.39, 0.29) is 6.61 Å². The number of hydrogen-bond acceptors (Lipinski definition) is 1. The number of benzene rings is 2. The van der Waals surface area contributed by atoms with Gasteiger partial charge in [0.1, 0.15) is 11.6 Å². The Hall–Kier alpha value is -1.74. The van der Waals surface area contributed by atoms with Crippen molar-refractivity contribution in [3.05, 3.63) is 59.7 Å². The molecule has 2 rings (SSSR count). The van der Waals surface area contributed by atoms with E-state index in [1.807, 2.05) is 0 Å². The molecule has 1 nitrogen and oxygen atoms in total. The van der Waals surface area contributed by atoms with Gasteiger partial charge in [0, 0.05) is 5.56 Å². The van der Waals surface area contributed by atoms with Gasteiger partial charge in [-0.3, -0.25) is 0 Å². The molecule has 0 aliphatic heterocycles. The minimum Gasteiger partial charge on any atom is -0.392 e. The summed E-state index contributed by atoms with van der Waals surface area (Å²) in [7, 11) is 0. The lowest BCUT2D eigenvalue weighted by Gasteiger charge is -2.08. The van der Waals surface area contributed by atoms with Crippen LogP contribution < -0.4 is 0 Å². The van der Waals surface area contributed by atoms with E-state index < -0.39 is 11.6 Å². The Bertz CT molecular complexity index is 509. The van der Waals surface area contributed by atoms with Crippen molar-refractivity contribution >= 4 is 0 Å². The van der Waals surface area contributed by atoms with Crippen molar-refractivity contribution in [1.29, 1.82) is 0 Å². The summed E-state index contributed by atoms with van der Waals surface area (Å²) in [5.41, 5.74) is 1.19. The van der Waals surface area contributed by atoms with E-state index in [2.05, 4.69) is 0 Å². The first-order valence-electron chi connectivity index (χ1n) is 4.86. The molecule has 0 unspecified atom stereocenters. The first kappa shape index (κ1) is 10.8. The second kappa shape index (κ2) is 4.41. The van der Waals surface area contributed by atoms with Crippen LogP contribution in [0.5, 0.6) is 0 Å². The Kier molecular flexibility index (Phi) is 2.97. The van der Waals surface area contributed by atoms with Crippen LogP contribution in [0.1, 0.15) is 5.56 Å². The van der Waals surface area contributed by atoms with Crippen LogP contribution >= 0.6 is 0 Å². The molecular weight excluding hydrogens is 210 g/mol. The molecular formula is C13H10F2O. The predicted octanol–water partition coefficient (Wildman–Crippen LogP) is 3.12. The van der Waals surface area contributed by atoms with Gasteiger partial charge < -0.3 is 5.11 Å². The topological polar surface area (TPSA) is 20.2 Å². The van der Waals surface area contributed by atoms with E-state index in [0.717, 1.165) is 0 Å². The summed E-state index contributed by atoms with van der Waals surface area (Å²) in [6.07, 6.45) is 0. The molecule has 2 aromatic rings. The number of halogens is 2. The average molecular weight is 220 g/mol. The minimum atomic E-state index is -0.449. The lowest BCUT2D eigenvalue weighted by atomic mass is 9.99. The highest BCUT2D eigenvalue weighted by Gasteiger charge is 2.09. The Morgan fingerprint density at radius 3 is 2.38 bits per heavy atom. The molecule has 0 atom stereocenters. The SMILES string of the molecule is OCc1ccc(F)cc1-c1ccccc1F. The van der Waals surface area contributed by atoms with Crippen LogP contribution in [0.15, 0.2) is 42.5 Å². The predicted molar refractivity (Wildman–Crippen MR) is 57.7 cm³/mol. The molecule has 0 bridgehead atoms. The van der Waals surface area contributed by atoms with Gasteiger partial charge in [0.2, 0.25) is 0 Å². The number of rotatable bonds is 2. The Labute approximate surface area is 92.0 Å². The van der Waals surface area contributed by atoms with Crippen molar-refractivity contribution in [3.63, 3.8) is 0 Å². The molecule has 0 aromatic heterocycles. The summed E-state index contributed by atoms with van der Waals surface area (Å²) in [6.45, 7) is -0.246. The maximum atomic E-state index is 13.5. The van der Waals surface area contributed by atoms with E-state index in [0.29, 0.717) is 16.7 Å². The molecule has 82 valence electrons. The standard InChI is InChI=1S/C13H10F2O/c14-10-6-5-9(8-16)12(7-10)11-3-1-2-4-13(11)15/h1-7,16H,8H2. The van der Waals surface area contributed by atoms with Crippen molar-refractivity contribution in [2.24, 2.45) is 0 Å². The summed E-state index contributed by atoms with van der Waals surface area (Å²) >= 11 is 0. The summed E-state index contributed by atoms with van der Waals surface area (Å²) in [5.74, 6) is -0.877. The highest BCUT2D eigenvalue weighted by molar-refractivity contribution is 5.67. The molecule has 0 saturated carbocycles. The number of aliphatic hydroxyl groups is 1. The van der Waals surface area contributed by atoms with Gasteiger partial charge in [-0.05, 0) is 29.3 Å². The van der Waals surface area contributed by atoms with Gasteiger partial charge in [0.15, 0.2) is 0 Å². The fourth-order valence-corrected chi connectivity index (χ4v) is 1.62. The number of hydrogen-bond donors (Lipinski definition) is 1. The third-order valence-corrected chi connectivity index (χ3v) is 2.41. The fraction of sp³-hybridized carbons (Fsp3) is 0.0769. The molecule has 0 saturated heterocycles. The van der Waals surface area contributed by atoms with Gasteiger partial charge in [-0.1, -0.05) is 24.3 Å². The van der Waals surface area contributed by atoms with Gasteiger partial charge in [-0.25, -0.2) is 8.78 Å². The van der Waals surface area contributed by atoms with Crippen molar-refractivity contribution in [1.82, 2.24) is 0 Å². The summed E-state index contributed by atoms with van der Waals surface area (Å²) in [5, 5.41) is 9.12. The van der Waals surface area contributed by atoms with Gasteiger partial charge in [0.25, 0.3) is 0 Å². The zero-order valence-electron chi connectivity index (χ0n) is 8.45. The summed E-state index contributed by atoms with van der Waals surface area (Å²) in [4.78, 5) is 0. The van der Waals surface area contributed by atoms with E-state index >= 15 is 0 Å². The monoisotopic (exact) mass is 220 g/mol. The first-order valence-corrected chi connectivity index (χ1v) is 4.86. The molecule has 1 N–H and O–H groups in total. The van der Waals surface area contributed by atoms with E-state index in [9.17, 15) is 8.78 Å². The van der Waals surface area contributed by atoms with Crippen LogP contribution in [0, 0.1) is 11.6 Å². The molecule has 0 amide bonds. The molecule has 0 radical (unpaired) electrons. The molecule has 0 heterocycles. The molecule has 0 aliphatic carbocycles. The molecule has 3 heteroatoms. The van der Waals surface area contributed by atoms with Crippen molar-refractivity contribution in [2.75, 3.05) is 0 Å². The van der Waals surface area contributed by atoms with Crippen LogP contribution in [0.25, 0.3) is 11.1 Å². The van der Waals surface area contributed by atoms with Crippen LogP contribution in [-0.2, 0) is 6.61 Å². The van der Waals surface area contributed by atoms with Crippen LogP contribution in [0.4, 0.5) is 8.78 Å². The van der Waals surface area contributed by atoms with E-state index in [4.69, 9.17) is 5.11 Å². The van der Waals surface area contributed by atoms with E-state index in [1.165, 1.54) is 24.3 Å². The molecule has 2 aromatic carbocycles. The number of aliphatic hydroxyl groups excluding tert-OH is 1. The highest BCUT2D eigenvalue weighted by Crippen LogP contribution is 2.27. The summed E-state index contributed by atoms with van der Waals surface area (Å²) in [6, 6.07) is 10.0. The Morgan fingerprint density at radius 2 is 1.69 bits per heavy atom. The minimum absolute atomic E-state index is 0.246. The maximum absolute atomic E-state index is 13.5. The van der Waals surface area contributed by atoms with E-state index in [1.54, 1.807) is 18.2 Å². The van der Waals surface area contributed by atoms with Crippen LogP contribution in [0.2, 0.25) is 0 Å². The second-order valence-electron chi connectivity index (χ2n) is 3.44. The lowest BCUT2D eigenvalue weighted by Crippen LogP contribution is -1.93. The largest absolute Gasteiger partial charge is 0.392 e. The second-order valence-corrected chi connectivity index (χ2v) is 3.44. The normalized spacial score (nSPS) is 10.4. The lowest BCUT2D eigenvalue weighted by molar-refractivity contribution is 0.282. The van der Waals surface area contributed by atoms with Gasteiger partial charge in [0.05, 0.1) is 6.61 Å². The highest BCUT2D eigenvalue weighted by atomic mass is 19.1. The van der Waals surface area contributed by atoms with Crippen LogP contribution in [-0.4, -0.2) is 5.11 Å². The third-order valence-electron chi connectivity index (χ3n) is 2.41. The van der Waals surface area contributed by atoms with Gasteiger partial charge in [-0.15, -0.1) is 0 Å². The molecule has 0 fully saturated rings. The smallest absolute Gasteiger partial charge is 0.131 e. The van der Waals surface area contributed by atoms with Crippen molar-refractivity contribution in [3.8, 4) is 11.1 Å². The molecule has 16 heavy (non-hydrogen) atoms. The molecule has 0 spiro atoms. The van der Waals surface area contributed by atoms with Gasteiger partial charge >= 0.3 is 0 Å². The third kappa shape index (κ3) is 1.95. The Balaban J connectivity index is 2.63. The van der Waals surface area contributed by atoms with Crippen molar-refractivity contribution < 1.29 is 13.9 Å². The zero-order chi connectivity index (χ0) is 11.5. The molecule has 0 aliphatic rings. The Morgan fingerprint density at radius 1 is 0.938 bits per heavy atom. The van der Waals surface area contributed by atoms with Crippen molar-refractivity contribution in [2.45, 2.75) is 6.61 Å². The maximum Gasteiger partial charge on any atom is 0.131 e.